The fourth-order valence-corrected chi connectivity index (χ4v) is 1.00. The third-order valence-corrected chi connectivity index (χ3v) is 2.25. The Morgan fingerprint density at radius 1 is 1.70 bits per heavy atom. The number of carbonyl (C=O) groups is 1. The second kappa shape index (κ2) is 2.57. The monoisotopic (exact) mass is 138 g/mol. The van der Waals surface area contributed by atoms with E-state index in [4.69, 9.17) is 0 Å². The van der Waals surface area contributed by atoms with Crippen LogP contribution < -0.4 is 0 Å². The van der Waals surface area contributed by atoms with Crippen LogP contribution in [0.15, 0.2) is 12.7 Å². The van der Waals surface area contributed by atoms with Crippen molar-refractivity contribution in [3.05, 3.63) is 12.7 Å². The molecule has 0 amide bonds. The highest BCUT2D eigenvalue weighted by atomic mass is 16.1. The fraction of sp³-hybridized carbons (Fsp3) is 0.667. The summed E-state index contributed by atoms with van der Waals surface area (Å²) in [6.07, 6.45) is 5.55. The van der Waals surface area contributed by atoms with Crippen LogP contribution >= 0.6 is 0 Å². The second-order valence-corrected chi connectivity index (χ2v) is 3.31. The van der Waals surface area contributed by atoms with E-state index < -0.39 is 0 Å². The highest BCUT2D eigenvalue weighted by Gasteiger charge is 2.43. The number of allylic oxidation sites excluding steroid dienone is 1. The molecule has 1 nitrogen and oxygen atoms in total. The summed E-state index contributed by atoms with van der Waals surface area (Å²) in [4.78, 5) is 11.2. The number of ketones is 1. The molecule has 56 valence electrons. The molecule has 0 bridgehead atoms. The summed E-state index contributed by atoms with van der Waals surface area (Å²) in [6.45, 7) is 5.64. The van der Waals surface area contributed by atoms with E-state index in [0.717, 1.165) is 19.3 Å². The Balaban J connectivity index is 2.28. The normalized spacial score (nSPS) is 20.1. The van der Waals surface area contributed by atoms with Crippen molar-refractivity contribution < 1.29 is 4.79 Å². The number of Topliss-reactive ketones (excluding diaryl/α,β-unsaturated/α-hetero) is 1. The van der Waals surface area contributed by atoms with Crippen LogP contribution in [0.3, 0.4) is 0 Å². The Bertz CT molecular complexity index is 154. The molecule has 1 heteroatoms. The summed E-state index contributed by atoms with van der Waals surface area (Å²) in [6, 6.07) is 0. The number of hydrogen-bond donors (Lipinski definition) is 0. The van der Waals surface area contributed by atoms with Gasteiger partial charge in [0, 0.05) is 11.8 Å². The quantitative estimate of drug-likeness (QED) is 0.545. The van der Waals surface area contributed by atoms with E-state index >= 15 is 0 Å². The van der Waals surface area contributed by atoms with Crippen molar-refractivity contribution in [1.29, 1.82) is 0 Å². The van der Waals surface area contributed by atoms with Crippen LogP contribution in [0.4, 0.5) is 0 Å². The van der Waals surface area contributed by atoms with Gasteiger partial charge in [-0.05, 0) is 19.3 Å². The van der Waals surface area contributed by atoms with E-state index in [1.807, 2.05) is 6.08 Å². The summed E-state index contributed by atoms with van der Waals surface area (Å²) >= 11 is 0. The standard InChI is InChI=1S/C9H14O/c1-3-4-5-8(10)9(2)6-7-9/h3H,1,4-7H2,2H3. The van der Waals surface area contributed by atoms with Gasteiger partial charge in [0.15, 0.2) is 0 Å². The molecule has 0 unspecified atom stereocenters. The van der Waals surface area contributed by atoms with Crippen LogP contribution in [-0.4, -0.2) is 5.78 Å². The average molecular weight is 138 g/mol. The van der Waals surface area contributed by atoms with Crippen molar-refractivity contribution in [2.75, 3.05) is 0 Å². The molecule has 1 aliphatic rings. The topological polar surface area (TPSA) is 17.1 Å². The number of rotatable bonds is 4. The van der Waals surface area contributed by atoms with Crippen LogP contribution in [0, 0.1) is 5.41 Å². The van der Waals surface area contributed by atoms with Crippen LogP contribution in [0.1, 0.15) is 32.6 Å². The maximum absolute atomic E-state index is 11.2. The third-order valence-electron chi connectivity index (χ3n) is 2.25. The second-order valence-electron chi connectivity index (χ2n) is 3.31. The molecule has 1 aliphatic carbocycles. The van der Waals surface area contributed by atoms with Gasteiger partial charge >= 0.3 is 0 Å². The van der Waals surface area contributed by atoms with Crippen LogP contribution in [-0.2, 0) is 4.79 Å². The zero-order chi connectivity index (χ0) is 7.61. The van der Waals surface area contributed by atoms with E-state index in [0.29, 0.717) is 12.2 Å². The van der Waals surface area contributed by atoms with Crippen molar-refractivity contribution in [2.45, 2.75) is 32.6 Å². The molecule has 0 aromatic rings. The zero-order valence-corrected chi connectivity index (χ0v) is 6.52. The predicted molar refractivity (Wildman–Crippen MR) is 41.8 cm³/mol. The Labute approximate surface area is 62.1 Å². The molecule has 0 N–H and O–H groups in total. The molecule has 1 rings (SSSR count). The Hall–Kier alpha value is -0.590. The molecule has 0 aromatic carbocycles. The minimum absolute atomic E-state index is 0.0724. The predicted octanol–water partition coefficient (Wildman–Crippen LogP) is 2.32. The molecule has 1 saturated carbocycles. The molecular weight excluding hydrogens is 124 g/mol. The van der Waals surface area contributed by atoms with Gasteiger partial charge in [0.2, 0.25) is 0 Å². The van der Waals surface area contributed by atoms with Gasteiger partial charge in [0.1, 0.15) is 5.78 Å². The summed E-state index contributed by atoms with van der Waals surface area (Å²) in [5.74, 6) is 0.424. The van der Waals surface area contributed by atoms with Crippen molar-refractivity contribution in [1.82, 2.24) is 0 Å². The number of carbonyl (C=O) groups excluding carboxylic acids is 1. The van der Waals surface area contributed by atoms with Crippen molar-refractivity contribution >= 4 is 5.78 Å². The van der Waals surface area contributed by atoms with E-state index in [9.17, 15) is 4.79 Å². The van der Waals surface area contributed by atoms with Gasteiger partial charge in [-0.2, -0.15) is 0 Å². The first-order valence-electron chi connectivity index (χ1n) is 3.83. The molecule has 0 saturated heterocycles. The largest absolute Gasteiger partial charge is 0.299 e. The Morgan fingerprint density at radius 3 is 2.70 bits per heavy atom. The van der Waals surface area contributed by atoms with Gasteiger partial charge in [0.25, 0.3) is 0 Å². The van der Waals surface area contributed by atoms with Gasteiger partial charge < -0.3 is 0 Å². The number of hydrogen-bond acceptors (Lipinski definition) is 1. The van der Waals surface area contributed by atoms with E-state index in [-0.39, 0.29) is 5.41 Å². The lowest BCUT2D eigenvalue weighted by atomic mass is 10.00. The molecule has 0 aromatic heterocycles. The minimum Gasteiger partial charge on any atom is -0.299 e. The van der Waals surface area contributed by atoms with Crippen LogP contribution in [0.5, 0.6) is 0 Å². The van der Waals surface area contributed by atoms with Gasteiger partial charge in [-0.15, -0.1) is 6.58 Å². The van der Waals surface area contributed by atoms with Gasteiger partial charge in [-0.3, -0.25) is 4.79 Å². The van der Waals surface area contributed by atoms with E-state index in [1.165, 1.54) is 0 Å². The smallest absolute Gasteiger partial charge is 0.139 e. The maximum Gasteiger partial charge on any atom is 0.139 e. The summed E-state index contributed by atoms with van der Waals surface area (Å²) < 4.78 is 0. The fourth-order valence-electron chi connectivity index (χ4n) is 1.00. The third kappa shape index (κ3) is 1.47. The summed E-state index contributed by atoms with van der Waals surface area (Å²) in [5, 5.41) is 0. The van der Waals surface area contributed by atoms with Gasteiger partial charge in [-0.25, -0.2) is 0 Å². The lowest BCUT2D eigenvalue weighted by molar-refractivity contribution is -0.123. The van der Waals surface area contributed by atoms with Gasteiger partial charge in [0.05, 0.1) is 0 Å². The highest BCUT2D eigenvalue weighted by molar-refractivity contribution is 5.86. The van der Waals surface area contributed by atoms with Crippen LogP contribution in [0.25, 0.3) is 0 Å². The van der Waals surface area contributed by atoms with Crippen molar-refractivity contribution in [3.8, 4) is 0 Å². The van der Waals surface area contributed by atoms with Crippen molar-refractivity contribution in [2.24, 2.45) is 5.41 Å². The Kier molecular flexibility index (Phi) is 1.93. The lowest BCUT2D eigenvalue weighted by Gasteiger charge is -2.03. The Morgan fingerprint density at radius 2 is 2.30 bits per heavy atom. The maximum atomic E-state index is 11.2. The first-order valence-corrected chi connectivity index (χ1v) is 3.83. The van der Waals surface area contributed by atoms with Gasteiger partial charge in [-0.1, -0.05) is 13.0 Å². The van der Waals surface area contributed by atoms with Crippen LogP contribution in [0.2, 0.25) is 0 Å². The first kappa shape index (κ1) is 7.52. The molecular formula is C9H14O. The molecule has 10 heavy (non-hydrogen) atoms. The van der Waals surface area contributed by atoms with E-state index in [2.05, 4.69) is 13.5 Å². The zero-order valence-electron chi connectivity index (χ0n) is 6.52. The lowest BCUT2D eigenvalue weighted by Crippen LogP contribution is -2.10. The van der Waals surface area contributed by atoms with Crippen molar-refractivity contribution in [3.63, 3.8) is 0 Å². The SMILES string of the molecule is C=CCCC(=O)C1(C)CC1. The average Bonchev–Trinajstić information content (AvgIpc) is 2.64. The molecule has 0 heterocycles. The first-order chi connectivity index (χ1) is 4.69. The molecule has 0 radical (unpaired) electrons. The molecule has 0 aliphatic heterocycles. The minimum atomic E-state index is 0.0724. The summed E-state index contributed by atoms with van der Waals surface area (Å²) in [7, 11) is 0. The van der Waals surface area contributed by atoms with E-state index in [1.54, 1.807) is 0 Å². The highest BCUT2D eigenvalue weighted by Crippen LogP contribution is 2.46. The molecule has 0 spiro atoms. The molecule has 0 atom stereocenters. The summed E-state index contributed by atoms with van der Waals surface area (Å²) in [5.41, 5.74) is 0.0724. The molecule has 1 fully saturated rings.